The molecule has 19 heavy (non-hydrogen) atoms. The Morgan fingerprint density at radius 1 is 1.42 bits per heavy atom. The molecule has 0 spiro atoms. The molecule has 2 heterocycles. The van der Waals surface area contributed by atoms with Crippen LogP contribution in [0.4, 0.5) is 0 Å². The van der Waals surface area contributed by atoms with Gasteiger partial charge in [0.1, 0.15) is 0 Å². The van der Waals surface area contributed by atoms with E-state index in [1.54, 1.807) is 0 Å². The molecule has 1 fully saturated rings. The van der Waals surface area contributed by atoms with Crippen molar-refractivity contribution in [3.63, 3.8) is 0 Å². The number of nitrogens with zero attached hydrogens (tertiary/aromatic N) is 2. The van der Waals surface area contributed by atoms with Crippen LogP contribution in [0.2, 0.25) is 5.02 Å². The standard InChI is InChI=1S/C14H18ClN3S/c1-9-7-11(5-6-17(9)2)18-13-4-3-10(15)8-12(13)16-14(18)19/h3-4,8-9,11H,5-7H2,1-2H3,(H,16,19). The number of hydrogen-bond acceptors (Lipinski definition) is 2. The molecule has 0 saturated carbocycles. The normalized spacial score (nSPS) is 25.0. The van der Waals surface area contributed by atoms with E-state index in [0.717, 1.165) is 40.2 Å². The molecule has 1 aliphatic heterocycles. The van der Waals surface area contributed by atoms with Crippen molar-refractivity contribution in [1.29, 1.82) is 0 Å². The van der Waals surface area contributed by atoms with Gasteiger partial charge in [-0.25, -0.2) is 0 Å². The highest BCUT2D eigenvalue weighted by Gasteiger charge is 2.25. The first-order valence-corrected chi connectivity index (χ1v) is 7.45. The molecule has 1 aliphatic rings. The topological polar surface area (TPSA) is 24.0 Å². The Morgan fingerprint density at radius 3 is 2.95 bits per heavy atom. The van der Waals surface area contributed by atoms with Crippen molar-refractivity contribution in [2.45, 2.75) is 31.8 Å². The van der Waals surface area contributed by atoms with Gasteiger partial charge in [0.15, 0.2) is 4.77 Å². The fraction of sp³-hybridized carbons (Fsp3) is 0.500. The lowest BCUT2D eigenvalue weighted by molar-refractivity contribution is 0.158. The molecule has 1 aromatic carbocycles. The summed E-state index contributed by atoms with van der Waals surface area (Å²) in [4.78, 5) is 5.68. The smallest absolute Gasteiger partial charge is 0.178 e. The van der Waals surface area contributed by atoms with Crippen molar-refractivity contribution >= 4 is 34.9 Å². The van der Waals surface area contributed by atoms with Crippen LogP contribution in [0, 0.1) is 4.77 Å². The maximum Gasteiger partial charge on any atom is 0.178 e. The summed E-state index contributed by atoms with van der Waals surface area (Å²) < 4.78 is 3.07. The highest BCUT2D eigenvalue weighted by Crippen LogP contribution is 2.30. The molecule has 2 unspecified atom stereocenters. The average Bonchev–Trinajstić information content (AvgIpc) is 2.68. The van der Waals surface area contributed by atoms with Crippen LogP contribution in [0.1, 0.15) is 25.8 Å². The Morgan fingerprint density at radius 2 is 2.21 bits per heavy atom. The Kier molecular flexibility index (Phi) is 3.41. The predicted molar refractivity (Wildman–Crippen MR) is 82.5 cm³/mol. The van der Waals surface area contributed by atoms with E-state index in [9.17, 15) is 0 Å². The van der Waals surface area contributed by atoms with Gasteiger partial charge < -0.3 is 14.5 Å². The molecular weight excluding hydrogens is 278 g/mol. The molecule has 0 radical (unpaired) electrons. The first-order chi connectivity index (χ1) is 9.06. The van der Waals surface area contributed by atoms with Crippen LogP contribution < -0.4 is 0 Å². The molecule has 0 bridgehead atoms. The minimum atomic E-state index is 0.480. The monoisotopic (exact) mass is 295 g/mol. The number of nitrogens with one attached hydrogen (secondary N) is 1. The minimum Gasteiger partial charge on any atom is -0.331 e. The number of benzene rings is 1. The van der Waals surface area contributed by atoms with Gasteiger partial charge in [0.05, 0.1) is 11.0 Å². The van der Waals surface area contributed by atoms with Crippen LogP contribution >= 0.6 is 23.8 Å². The molecule has 0 aliphatic carbocycles. The highest BCUT2D eigenvalue weighted by atomic mass is 35.5. The van der Waals surface area contributed by atoms with Gasteiger partial charge in [-0.15, -0.1) is 0 Å². The lowest BCUT2D eigenvalue weighted by atomic mass is 9.98. The van der Waals surface area contributed by atoms with Gasteiger partial charge in [-0.1, -0.05) is 11.6 Å². The summed E-state index contributed by atoms with van der Waals surface area (Å²) in [6.45, 7) is 3.40. The predicted octanol–water partition coefficient (Wildman–Crippen LogP) is 4.01. The van der Waals surface area contributed by atoms with Crippen LogP contribution in [0.3, 0.4) is 0 Å². The van der Waals surface area contributed by atoms with E-state index in [4.69, 9.17) is 23.8 Å². The number of imidazole rings is 1. The molecule has 102 valence electrons. The number of halogens is 1. The van der Waals surface area contributed by atoms with Crippen molar-refractivity contribution in [3.8, 4) is 0 Å². The van der Waals surface area contributed by atoms with Crippen molar-refractivity contribution in [2.24, 2.45) is 0 Å². The summed E-state index contributed by atoms with van der Waals surface area (Å²) in [6, 6.07) is 7.02. The van der Waals surface area contributed by atoms with Gasteiger partial charge in [0.25, 0.3) is 0 Å². The molecule has 5 heteroatoms. The van der Waals surface area contributed by atoms with E-state index in [1.807, 2.05) is 12.1 Å². The summed E-state index contributed by atoms with van der Waals surface area (Å²) in [7, 11) is 2.19. The molecule has 1 N–H and O–H groups in total. The number of hydrogen-bond donors (Lipinski definition) is 1. The average molecular weight is 296 g/mol. The maximum atomic E-state index is 6.04. The number of H-pyrrole nitrogens is 1. The van der Waals surface area contributed by atoms with Crippen molar-refractivity contribution in [3.05, 3.63) is 28.0 Å². The zero-order valence-corrected chi connectivity index (χ0v) is 12.8. The third-order valence-electron chi connectivity index (χ3n) is 4.22. The number of fused-ring (bicyclic) bond motifs is 1. The molecular formula is C14H18ClN3S. The Hall–Kier alpha value is -0.840. The van der Waals surface area contributed by atoms with Gasteiger partial charge in [-0.2, -0.15) is 0 Å². The number of aromatic nitrogens is 2. The summed E-state index contributed by atoms with van der Waals surface area (Å²) in [6.07, 6.45) is 2.28. The fourth-order valence-corrected chi connectivity index (χ4v) is 3.49. The van der Waals surface area contributed by atoms with Crippen LogP contribution in [-0.2, 0) is 0 Å². The van der Waals surface area contributed by atoms with Crippen molar-refractivity contribution in [1.82, 2.24) is 14.5 Å². The number of aromatic amines is 1. The zero-order valence-electron chi connectivity index (χ0n) is 11.2. The molecule has 2 atom stereocenters. The summed E-state index contributed by atoms with van der Waals surface area (Å²) >= 11 is 11.5. The third-order valence-corrected chi connectivity index (χ3v) is 4.76. The van der Waals surface area contributed by atoms with E-state index < -0.39 is 0 Å². The largest absolute Gasteiger partial charge is 0.331 e. The number of likely N-dealkylation sites (tertiary alicyclic amines) is 1. The Bertz CT molecular complexity index is 660. The molecule has 0 amide bonds. The second-order valence-corrected chi connectivity index (χ2v) is 6.29. The quantitative estimate of drug-likeness (QED) is 0.804. The molecule has 2 aromatic rings. The molecule has 1 saturated heterocycles. The van der Waals surface area contributed by atoms with E-state index in [2.05, 4.69) is 34.5 Å². The van der Waals surface area contributed by atoms with Gasteiger partial charge >= 0.3 is 0 Å². The van der Waals surface area contributed by atoms with Gasteiger partial charge in [0.2, 0.25) is 0 Å². The van der Waals surface area contributed by atoms with Gasteiger partial charge in [-0.3, -0.25) is 0 Å². The van der Waals surface area contributed by atoms with E-state index in [0.29, 0.717) is 12.1 Å². The summed E-state index contributed by atoms with van der Waals surface area (Å²) in [5.74, 6) is 0. The zero-order chi connectivity index (χ0) is 13.6. The highest BCUT2D eigenvalue weighted by molar-refractivity contribution is 7.71. The third kappa shape index (κ3) is 2.33. The van der Waals surface area contributed by atoms with Crippen LogP contribution in [0.25, 0.3) is 11.0 Å². The lowest BCUT2D eigenvalue weighted by Gasteiger charge is -2.35. The number of piperidine rings is 1. The molecule has 3 nitrogen and oxygen atoms in total. The van der Waals surface area contributed by atoms with E-state index in [-0.39, 0.29) is 0 Å². The second kappa shape index (κ2) is 4.93. The Labute approximate surface area is 123 Å². The van der Waals surface area contributed by atoms with Gasteiger partial charge in [-0.05, 0) is 57.2 Å². The first-order valence-electron chi connectivity index (χ1n) is 6.66. The van der Waals surface area contributed by atoms with E-state index >= 15 is 0 Å². The summed E-state index contributed by atoms with van der Waals surface area (Å²) in [5, 5.41) is 0.743. The minimum absolute atomic E-state index is 0.480. The van der Waals surface area contributed by atoms with E-state index in [1.165, 1.54) is 0 Å². The molecule has 1 aromatic heterocycles. The first kappa shape index (κ1) is 13.2. The van der Waals surface area contributed by atoms with Crippen LogP contribution in [0.15, 0.2) is 18.2 Å². The SMILES string of the molecule is CC1CC(n2c(=S)[nH]c3cc(Cl)ccc32)CCN1C. The second-order valence-electron chi connectivity index (χ2n) is 5.47. The molecule has 3 rings (SSSR count). The van der Waals surface area contributed by atoms with Crippen LogP contribution in [0.5, 0.6) is 0 Å². The van der Waals surface area contributed by atoms with Crippen molar-refractivity contribution in [2.75, 3.05) is 13.6 Å². The summed E-state index contributed by atoms with van der Waals surface area (Å²) in [5.41, 5.74) is 2.19. The van der Waals surface area contributed by atoms with Crippen molar-refractivity contribution < 1.29 is 0 Å². The van der Waals surface area contributed by atoms with Gasteiger partial charge in [0, 0.05) is 23.7 Å². The maximum absolute atomic E-state index is 6.04. The fourth-order valence-electron chi connectivity index (χ4n) is 2.96. The Balaban J connectivity index is 2.05. The number of rotatable bonds is 1. The van der Waals surface area contributed by atoms with Crippen LogP contribution in [-0.4, -0.2) is 34.1 Å². The lowest BCUT2D eigenvalue weighted by Crippen LogP contribution is -2.38.